The molecule has 1 saturated carbocycles. The summed E-state index contributed by atoms with van der Waals surface area (Å²) >= 11 is 1.61. The molecule has 0 bridgehead atoms. The van der Waals surface area contributed by atoms with E-state index in [-0.39, 0.29) is 11.9 Å². The summed E-state index contributed by atoms with van der Waals surface area (Å²) in [5.74, 6) is -0.152. The highest BCUT2D eigenvalue weighted by molar-refractivity contribution is 7.11. The normalized spacial score (nSPS) is 18.2. The SMILES string of the molecule is CCc1cnc(C(C)NC(=O)C2(C#N)CC2)s1. The first-order valence-corrected chi connectivity index (χ1v) is 6.60. The third kappa shape index (κ3) is 2.32. The molecular formula is C12H15N3OS. The van der Waals surface area contributed by atoms with E-state index in [1.807, 2.05) is 13.1 Å². The summed E-state index contributed by atoms with van der Waals surface area (Å²) in [6.45, 7) is 3.99. The number of carbonyl (C=O) groups excluding carboxylic acids is 1. The maximum atomic E-state index is 11.9. The maximum absolute atomic E-state index is 11.9. The molecule has 17 heavy (non-hydrogen) atoms. The number of hydrogen-bond acceptors (Lipinski definition) is 4. The van der Waals surface area contributed by atoms with Gasteiger partial charge in [-0.1, -0.05) is 6.92 Å². The Hall–Kier alpha value is -1.41. The number of nitriles is 1. The molecule has 1 fully saturated rings. The van der Waals surface area contributed by atoms with Crippen molar-refractivity contribution in [1.29, 1.82) is 5.26 Å². The second-order valence-corrected chi connectivity index (χ2v) is 5.55. The predicted octanol–water partition coefficient (Wildman–Crippen LogP) is 2.19. The van der Waals surface area contributed by atoms with Gasteiger partial charge < -0.3 is 5.32 Å². The van der Waals surface area contributed by atoms with E-state index in [0.29, 0.717) is 12.8 Å². The lowest BCUT2D eigenvalue weighted by Gasteiger charge is -2.13. The van der Waals surface area contributed by atoms with Crippen LogP contribution in [0.25, 0.3) is 0 Å². The first-order valence-electron chi connectivity index (χ1n) is 5.78. The molecule has 1 aromatic rings. The summed E-state index contributed by atoms with van der Waals surface area (Å²) in [5.41, 5.74) is -0.751. The van der Waals surface area contributed by atoms with Crippen LogP contribution in [0, 0.1) is 16.7 Å². The van der Waals surface area contributed by atoms with Crippen LogP contribution in [-0.4, -0.2) is 10.9 Å². The van der Waals surface area contributed by atoms with Crippen molar-refractivity contribution in [2.75, 3.05) is 0 Å². The Bertz CT molecular complexity index is 470. The number of hydrogen-bond donors (Lipinski definition) is 1. The third-order valence-corrected chi connectivity index (χ3v) is 4.36. The molecule has 1 atom stereocenters. The number of rotatable bonds is 4. The summed E-state index contributed by atoms with van der Waals surface area (Å²) in [4.78, 5) is 17.4. The minimum Gasteiger partial charge on any atom is -0.346 e. The van der Waals surface area contributed by atoms with Crippen molar-refractivity contribution in [3.05, 3.63) is 16.1 Å². The largest absolute Gasteiger partial charge is 0.346 e. The number of amides is 1. The second kappa shape index (κ2) is 4.46. The number of nitrogens with one attached hydrogen (secondary N) is 1. The molecule has 1 aliphatic carbocycles. The van der Waals surface area contributed by atoms with E-state index in [0.717, 1.165) is 11.4 Å². The molecule has 1 unspecified atom stereocenters. The first-order chi connectivity index (χ1) is 8.11. The summed E-state index contributed by atoms with van der Waals surface area (Å²) in [6, 6.07) is 1.98. The minimum absolute atomic E-state index is 0.112. The number of aromatic nitrogens is 1. The van der Waals surface area contributed by atoms with Crippen LogP contribution < -0.4 is 5.32 Å². The highest BCUT2D eigenvalue weighted by Crippen LogP contribution is 2.45. The van der Waals surface area contributed by atoms with E-state index < -0.39 is 5.41 Å². The summed E-state index contributed by atoms with van der Waals surface area (Å²) in [7, 11) is 0. The molecule has 0 saturated heterocycles. The third-order valence-electron chi connectivity index (χ3n) is 3.04. The monoisotopic (exact) mass is 249 g/mol. The molecule has 1 amide bonds. The summed E-state index contributed by atoms with van der Waals surface area (Å²) in [5, 5.41) is 12.7. The van der Waals surface area contributed by atoms with Gasteiger partial charge in [-0.25, -0.2) is 4.98 Å². The van der Waals surface area contributed by atoms with E-state index in [2.05, 4.69) is 23.3 Å². The van der Waals surface area contributed by atoms with Gasteiger partial charge in [0.15, 0.2) is 0 Å². The van der Waals surface area contributed by atoms with Crippen molar-refractivity contribution in [2.45, 2.75) is 39.2 Å². The zero-order chi connectivity index (χ0) is 12.5. The highest BCUT2D eigenvalue weighted by Gasteiger charge is 2.51. The zero-order valence-corrected chi connectivity index (χ0v) is 10.8. The molecule has 4 nitrogen and oxygen atoms in total. The lowest BCUT2D eigenvalue weighted by molar-refractivity contribution is -0.125. The van der Waals surface area contributed by atoms with Gasteiger partial charge in [0.25, 0.3) is 0 Å². The van der Waals surface area contributed by atoms with Crippen LogP contribution in [0.1, 0.15) is 42.6 Å². The van der Waals surface area contributed by atoms with Crippen LogP contribution in [0.2, 0.25) is 0 Å². The van der Waals surface area contributed by atoms with Crippen molar-refractivity contribution < 1.29 is 4.79 Å². The van der Waals surface area contributed by atoms with Crippen LogP contribution in [-0.2, 0) is 11.2 Å². The number of thiazole rings is 1. The topological polar surface area (TPSA) is 65.8 Å². The van der Waals surface area contributed by atoms with Crippen molar-refractivity contribution in [2.24, 2.45) is 5.41 Å². The lowest BCUT2D eigenvalue weighted by Crippen LogP contribution is -2.33. The van der Waals surface area contributed by atoms with E-state index in [4.69, 9.17) is 5.26 Å². The van der Waals surface area contributed by atoms with Crippen molar-refractivity contribution >= 4 is 17.2 Å². The molecule has 0 aromatic carbocycles. The quantitative estimate of drug-likeness (QED) is 0.889. The zero-order valence-electron chi connectivity index (χ0n) is 9.99. The fourth-order valence-corrected chi connectivity index (χ4v) is 2.46. The van der Waals surface area contributed by atoms with Gasteiger partial charge in [-0.15, -0.1) is 11.3 Å². The smallest absolute Gasteiger partial charge is 0.241 e. The number of carbonyl (C=O) groups is 1. The van der Waals surface area contributed by atoms with Crippen molar-refractivity contribution in [1.82, 2.24) is 10.3 Å². The molecule has 0 spiro atoms. The molecule has 5 heteroatoms. The fourth-order valence-electron chi connectivity index (χ4n) is 1.60. The van der Waals surface area contributed by atoms with Crippen LogP contribution in [0.5, 0.6) is 0 Å². The Balaban J connectivity index is 2.00. The average Bonchev–Trinajstić information content (AvgIpc) is 2.99. The van der Waals surface area contributed by atoms with Gasteiger partial charge >= 0.3 is 0 Å². The van der Waals surface area contributed by atoms with Gasteiger partial charge in [0.05, 0.1) is 12.1 Å². The molecule has 1 N–H and O–H groups in total. The van der Waals surface area contributed by atoms with Gasteiger partial charge in [-0.05, 0) is 26.2 Å². The number of aryl methyl sites for hydroxylation is 1. The Morgan fingerprint density at radius 1 is 1.76 bits per heavy atom. The minimum atomic E-state index is -0.751. The standard InChI is InChI=1S/C12H15N3OS/c1-3-9-6-14-10(17-9)8(2)15-11(16)12(7-13)4-5-12/h6,8H,3-5H2,1-2H3,(H,15,16). The van der Waals surface area contributed by atoms with Gasteiger partial charge in [0.1, 0.15) is 10.4 Å². The second-order valence-electron chi connectivity index (χ2n) is 4.41. The Labute approximate surface area is 105 Å². The highest BCUT2D eigenvalue weighted by atomic mass is 32.1. The summed E-state index contributed by atoms with van der Waals surface area (Å²) < 4.78 is 0. The van der Waals surface area contributed by atoms with Gasteiger partial charge in [-0.2, -0.15) is 5.26 Å². The van der Waals surface area contributed by atoms with E-state index in [1.54, 1.807) is 11.3 Å². The van der Waals surface area contributed by atoms with Crippen molar-refractivity contribution in [3.8, 4) is 6.07 Å². The number of nitrogens with zero attached hydrogens (tertiary/aromatic N) is 2. The molecule has 1 heterocycles. The van der Waals surface area contributed by atoms with E-state index in [1.165, 1.54) is 4.88 Å². The lowest BCUT2D eigenvalue weighted by atomic mass is 10.1. The average molecular weight is 249 g/mol. The van der Waals surface area contributed by atoms with Crippen LogP contribution in [0.15, 0.2) is 6.20 Å². The Morgan fingerprint density at radius 2 is 2.47 bits per heavy atom. The maximum Gasteiger partial charge on any atom is 0.241 e. The fraction of sp³-hybridized carbons (Fsp3) is 0.583. The van der Waals surface area contributed by atoms with E-state index >= 15 is 0 Å². The molecule has 0 radical (unpaired) electrons. The van der Waals surface area contributed by atoms with Gasteiger partial charge in [0.2, 0.25) is 5.91 Å². The Kier molecular flexibility index (Phi) is 3.16. The molecule has 0 aliphatic heterocycles. The first kappa shape index (κ1) is 12.1. The molecule has 1 aromatic heterocycles. The van der Waals surface area contributed by atoms with E-state index in [9.17, 15) is 4.79 Å². The Morgan fingerprint density at radius 3 is 2.94 bits per heavy atom. The molecule has 90 valence electrons. The molecular weight excluding hydrogens is 234 g/mol. The summed E-state index contributed by atoms with van der Waals surface area (Å²) in [6.07, 6.45) is 4.17. The van der Waals surface area contributed by atoms with Crippen LogP contribution >= 0.6 is 11.3 Å². The van der Waals surface area contributed by atoms with Crippen molar-refractivity contribution in [3.63, 3.8) is 0 Å². The predicted molar refractivity (Wildman–Crippen MR) is 65.3 cm³/mol. The van der Waals surface area contributed by atoms with Crippen LogP contribution in [0.3, 0.4) is 0 Å². The molecule has 2 rings (SSSR count). The van der Waals surface area contributed by atoms with Crippen LogP contribution in [0.4, 0.5) is 0 Å². The van der Waals surface area contributed by atoms with Gasteiger partial charge in [-0.3, -0.25) is 4.79 Å². The molecule has 1 aliphatic rings. The van der Waals surface area contributed by atoms with Gasteiger partial charge in [0, 0.05) is 11.1 Å².